The van der Waals surface area contributed by atoms with Crippen LogP contribution in [0.1, 0.15) is 14.7 Å². The van der Waals surface area contributed by atoms with E-state index in [2.05, 4.69) is 9.72 Å². The Bertz CT molecular complexity index is 557. The number of thiazole rings is 1. The largest absolute Gasteiger partial charge is 0.465 e. The molecule has 18 heavy (non-hydrogen) atoms. The van der Waals surface area contributed by atoms with Crippen molar-refractivity contribution in [2.24, 2.45) is 0 Å². The van der Waals surface area contributed by atoms with Crippen LogP contribution in [0.15, 0.2) is 35.4 Å². The number of aromatic nitrogens is 1. The van der Waals surface area contributed by atoms with Gasteiger partial charge in [-0.3, -0.25) is 0 Å². The first-order valence-electron chi connectivity index (χ1n) is 5.11. The Morgan fingerprint density at radius 2 is 2.28 bits per heavy atom. The van der Waals surface area contributed by atoms with Gasteiger partial charge in [-0.15, -0.1) is 23.1 Å². The molecule has 1 aromatic heterocycles. The number of thioether (sulfide) groups is 1. The van der Waals surface area contributed by atoms with Crippen molar-refractivity contribution in [1.82, 2.24) is 4.98 Å². The lowest BCUT2D eigenvalue weighted by Gasteiger charge is -2.00. The summed E-state index contributed by atoms with van der Waals surface area (Å²) < 4.78 is 18.0. The number of nitrogens with zero attached hydrogens (tertiary/aromatic N) is 1. The van der Waals surface area contributed by atoms with Gasteiger partial charge in [-0.05, 0) is 12.1 Å². The molecule has 0 N–H and O–H groups in total. The minimum absolute atomic E-state index is 0.243. The lowest BCUT2D eigenvalue weighted by Crippen LogP contribution is -1.96. The third kappa shape index (κ3) is 3.08. The fourth-order valence-electron chi connectivity index (χ4n) is 1.27. The number of ether oxygens (including phenoxy) is 1. The van der Waals surface area contributed by atoms with Gasteiger partial charge in [0.2, 0.25) is 0 Å². The lowest BCUT2D eigenvalue weighted by atomic mass is 10.3. The first kappa shape index (κ1) is 13.0. The number of esters is 1. The normalized spacial score (nSPS) is 10.3. The van der Waals surface area contributed by atoms with Crippen molar-refractivity contribution in [1.29, 1.82) is 0 Å². The summed E-state index contributed by atoms with van der Waals surface area (Å²) in [4.78, 5) is 16.4. The van der Waals surface area contributed by atoms with Gasteiger partial charge in [0.05, 0.1) is 19.1 Å². The van der Waals surface area contributed by atoms with Crippen molar-refractivity contribution in [2.75, 3.05) is 7.11 Å². The highest BCUT2D eigenvalue weighted by molar-refractivity contribution is 7.98. The Morgan fingerprint density at radius 1 is 1.50 bits per heavy atom. The highest BCUT2D eigenvalue weighted by Gasteiger charge is 2.11. The van der Waals surface area contributed by atoms with Crippen molar-refractivity contribution < 1.29 is 13.9 Å². The number of benzene rings is 1. The predicted octanol–water partition coefficient (Wildman–Crippen LogP) is 3.36. The van der Waals surface area contributed by atoms with Crippen molar-refractivity contribution in [3.8, 4) is 0 Å². The van der Waals surface area contributed by atoms with E-state index in [9.17, 15) is 9.18 Å². The molecule has 0 atom stereocenters. The van der Waals surface area contributed by atoms with Crippen LogP contribution in [0.5, 0.6) is 0 Å². The molecule has 2 rings (SSSR count). The molecule has 0 aliphatic rings. The maximum atomic E-state index is 13.4. The van der Waals surface area contributed by atoms with E-state index in [4.69, 9.17) is 0 Å². The quantitative estimate of drug-likeness (QED) is 0.637. The average molecular weight is 283 g/mol. The van der Waals surface area contributed by atoms with Crippen molar-refractivity contribution in [2.45, 2.75) is 10.6 Å². The van der Waals surface area contributed by atoms with Crippen LogP contribution in [-0.4, -0.2) is 18.1 Å². The van der Waals surface area contributed by atoms with Gasteiger partial charge in [-0.1, -0.05) is 12.1 Å². The molecule has 3 nitrogen and oxygen atoms in total. The Labute approximate surface area is 112 Å². The third-order valence-electron chi connectivity index (χ3n) is 2.13. The van der Waals surface area contributed by atoms with E-state index in [0.29, 0.717) is 15.5 Å². The lowest BCUT2D eigenvalue weighted by molar-refractivity contribution is 0.0606. The molecule has 0 fully saturated rings. The van der Waals surface area contributed by atoms with Gasteiger partial charge >= 0.3 is 5.97 Å². The summed E-state index contributed by atoms with van der Waals surface area (Å²) in [6, 6.07) is 6.57. The maximum absolute atomic E-state index is 13.4. The second-order valence-corrected chi connectivity index (χ2v) is 5.46. The number of methoxy groups -OCH3 is 1. The van der Waals surface area contributed by atoms with Gasteiger partial charge < -0.3 is 4.74 Å². The summed E-state index contributed by atoms with van der Waals surface area (Å²) in [5.41, 5.74) is 0. The molecule has 6 heteroatoms. The van der Waals surface area contributed by atoms with Crippen molar-refractivity contribution in [3.05, 3.63) is 46.2 Å². The molecule has 0 aliphatic heterocycles. The summed E-state index contributed by atoms with van der Waals surface area (Å²) in [6.45, 7) is 0. The second-order valence-electron chi connectivity index (χ2n) is 3.33. The van der Waals surface area contributed by atoms with Crippen LogP contribution in [0.4, 0.5) is 4.39 Å². The summed E-state index contributed by atoms with van der Waals surface area (Å²) in [5.74, 6) is -0.107. The SMILES string of the molecule is COC(=O)c1cnc(CSc2ccccc2F)s1. The number of halogens is 1. The van der Waals surface area contributed by atoms with Crippen molar-refractivity contribution >= 4 is 29.1 Å². The number of hydrogen-bond acceptors (Lipinski definition) is 5. The van der Waals surface area contributed by atoms with Gasteiger partial charge in [0.15, 0.2) is 0 Å². The van der Waals surface area contributed by atoms with Crippen LogP contribution >= 0.6 is 23.1 Å². The third-order valence-corrected chi connectivity index (χ3v) is 4.35. The molecule has 94 valence electrons. The molecule has 2 aromatic rings. The zero-order valence-corrected chi connectivity index (χ0v) is 11.2. The molecule has 0 unspecified atom stereocenters. The minimum Gasteiger partial charge on any atom is -0.465 e. The van der Waals surface area contributed by atoms with E-state index in [0.717, 1.165) is 5.01 Å². The van der Waals surface area contributed by atoms with Gasteiger partial charge in [-0.2, -0.15) is 0 Å². The van der Waals surface area contributed by atoms with Gasteiger partial charge in [-0.25, -0.2) is 14.2 Å². The fraction of sp³-hybridized carbons (Fsp3) is 0.167. The van der Waals surface area contributed by atoms with Crippen LogP contribution in [-0.2, 0) is 10.5 Å². The Kier molecular flexibility index (Phi) is 4.33. The highest BCUT2D eigenvalue weighted by Crippen LogP contribution is 2.27. The Hall–Kier alpha value is -1.40. The molecular formula is C12H10FNO2S2. The van der Waals surface area contributed by atoms with Crippen LogP contribution in [0.25, 0.3) is 0 Å². The predicted molar refractivity (Wildman–Crippen MR) is 69.4 cm³/mol. The van der Waals surface area contributed by atoms with E-state index in [-0.39, 0.29) is 5.82 Å². The Morgan fingerprint density at radius 3 is 3.00 bits per heavy atom. The molecule has 1 aromatic carbocycles. The van der Waals surface area contributed by atoms with E-state index in [1.165, 1.54) is 42.5 Å². The molecule has 0 bridgehead atoms. The summed E-state index contributed by atoms with van der Waals surface area (Å²) in [7, 11) is 1.33. The molecule has 0 amide bonds. The fourth-order valence-corrected chi connectivity index (χ4v) is 3.05. The first-order valence-corrected chi connectivity index (χ1v) is 6.91. The number of rotatable bonds is 4. The van der Waals surface area contributed by atoms with E-state index in [1.54, 1.807) is 18.2 Å². The molecule has 0 aliphatic carbocycles. The van der Waals surface area contributed by atoms with Gasteiger partial charge in [0, 0.05) is 4.90 Å². The maximum Gasteiger partial charge on any atom is 0.349 e. The minimum atomic E-state index is -0.394. The average Bonchev–Trinajstić information content (AvgIpc) is 2.86. The number of carbonyl (C=O) groups is 1. The summed E-state index contributed by atoms with van der Waals surface area (Å²) >= 11 is 2.62. The number of carbonyl (C=O) groups excluding carboxylic acids is 1. The molecule has 0 saturated heterocycles. The van der Waals surface area contributed by atoms with Crippen LogP contribution < -0.4 is 0 Å². The number of hydrogen-bond donors (Lipinski definition) is 0. The zero-order valence-electron chi connectivity index (χ0n) is 9.55. The van der Waals surface area contributed by atoms with Crippen LogP contribution in [0.3, 0.4) is 0 Å². The molecule has 1 heterocycles. The van der Waals surface area contributed by atoms with E-state index >= 15 is 0 Å². The molecular weight excluding hydrogens is 273 g/mol. The molecule has 0 radical (unpaired) electrons. The van der Waals surface area contributed by atoms with Gasteiger partial charge in [0.1, 0.15) is 15.7 Å². The monoisotopic (exact) mass is 283 g/mol. The smallest absolute Gasteiger partial charge is 0.349 e. The van der Waals surface area contributed by atoms with Gasteiger partial charge in [0.25, 0.3) is 0 Å². The summed E-state index contributed by atoms with van der Waals surface area (Å²) in [5, 5.41) is 0.767. The highest BCUT2D eigenvalue weighted by atomic mass is 32.2. The van der Waals surface area contributed by atoms with Crippen molar-refractivity contribution in [3.63, 3.8) is 0 Å². The van der Waals surface area contributed by atoms with Crippen LogP contribution in [0.2, 0.25) is 0 Å². The second kappa shape index (κ2) is 5.97. The van der Waals surface area contributed by atoms with E-state index < -0.39 is 5.97 Å². The first-order chi connectivity index (χ1) is 8.70. The Balaban J connectivity index is 2.01. The topological polar surface area (TPSA) is 39.2 Å². The summed E-state index contributed by atoms with van der Waals surface area (Å²) in [6.07, 6.45) is 1.48. The molecule has 0 spiro atoms. The van der Waals surface area contributed by atoms with E-state index in [1.807, 2.05) is 0 Å². The standard InChI is InChI=1S/C12H10FNO2S2/c1-16-12(15)10-6-14-11(18-10)7-17-9-5-3-2-4-8(9)13/h2-6H,7H2,1H3. The molecule has 0 saturated carbocycles. The van der Waals surface area contributed by atoms with Crippen LogP contribution in [0, 0.1) is 5.82 Å². The zero-order chi connectivity index (χ0) is 13.0.